The van der Waals surface area contributed by atoms with E-state index in [2.05, 4.69) is 36.6 Å². The van der Waals surface area contributed by atoms with Crippen LogP contribution < -0.4 is 0 Å². The molecule has 2 aliphatic heterocycles. The van der Waals surface area contributed by atoms with Crippen molar-refractivity contribution in [2.75, 3.05) is 26.3 Å². The van der Waals surface area contributed by atoms with Crippen molar-refractivity contribution >= 4 is 16.9 Å². The van der Waals surface area contributed by atoms with Gasteiger partial charge in [0.2, 0.25) is 5.91 Å². The van der Waals surface area contributed by atoms with Crippen LogP contribution in [0.5, 0.6) is 0 Å². The molecule has 2 aliphatic rings. The van der Waals surface area contributed by atoms with Crippen LogP contribution in [0.15, 0.2) is 24.3 Å². The van der Waals surface area contributed by atoms with Crippen molar-refractivity contribution in [1.29, 1.82) is 0 Å². The highest BCUT2D eigenvalue weighted by Gasteiger charge is 2.37. The fraction of sp³-hybridized carbons (Fsp3) is 0.579. The first kappa shape index (κ1) is 15.6. The molecular weight excluding hydrogens is 302 g/mol. The molecule has 0 saturated carbocycles. The van der Waals surface area contributed by atoms with Crippen molar-refractivity contribution in [3.63, 3.8) is 0 Å². The van der Waals surface area contributed by atoms with E-state index < -0.39 is 0 Å². The number of aromatic nitrogens is 2. The predicted octanol–water partition coefficient (Wildman–Crippen LogP) is 2.97. The maximum absolute atomic E-state index is 12.6. The lowest BCUT2D eigenvalue weighted by atomic mass is 9.95. The highest BCUT2D eigenvalue weighted by Crippen LogP contribution is 2.32. The summed E-state index contributed by atoms with van der Waals surface area (Å²) in [5.41, 5.74) is 2.24. The highest BCUT2D eigenvalue weighted by atomic mass is 16.5. The Morgan fingerprint density at radius 1 is 1.21 bits per heavy atom. The Balaban J connectivity index is 1.53. The summed E-state index contributed by atoms with van der Waals surface area (Å²) < 4.78 is 7.72. The van der Waals surface area contributed by atoms with E-state index in [-0.39, 0.29) is 5.92 Å². The first-order valence-corrected chi connectivity index (χ1v) is 8.98. The van der Waals surface area contributed by atoms with Gasteiger partial charge in [0.25, 0.3) is 0 Å². The zero-order valence-corrected chi connectivity index (χ0v) is 14.4. The van der Waals surface area contributed by atoms with Crippen LogP contribution in [-0.2, 0) is 9.53 Å². The van der Waals surface area contributed by atoms with Gasteiger partial charge in [0.05, 0.1) is 17.1 Å². The molecule has 0 aliphatic carbocycles. The number of carbonyl (C=O) groups is 1. The second kappa shape index (κ2) is 6.20. The van der Waals surface area contributed by atoms with Crippen molar-refractivity contribution in [1.82, 2.24) is 14.5 Å². The Morgan fingerprint density at radius 3 is 2.62 bits per heavy atom. The molecule has 4 rings (SSSR count). The minimum Gasteiger partial charge on any atom is -0.381 e. The summed E-state index contributed by atoms with van der Waals surface area (Å²) in [5.74, 6) is 1.96. The number of hydrogen-bond acceptors (Lipinski definition) is 3. The summed E-state index contributed by atoms with van der Waals surface area (Å²) >= 11 is 0. The number of imidazole rings is 1. The van der Waals surface area contributed by atoms with Crippen molar-refractivity contribution in [2.45, 2.75) is 38.6 Å². The largest absolute Gasteiger partial charge is 0.381 e. The van der Waals surface area contributed by atoms with Gasteiger partial charge in [-0.3, -0.25) is 4.79 Å². The van der Waals surface area contributed by atoms with Crippen molar-refractivity contribution in [3.05, 3.63) is 30.1 Å². The zero-order valence-electron chi connectivity index (χ0n) is 14.4. The number of ether oxygens (including phenoxy) is 1. The predicted molar refractivity (Wildman–Crippen MR) is 93.0 cm³/mol. The van der Waals surface area contributed by atoms with Crippen LogP contribution in [0, 0.1) is 5.92 Å². The average molecular weight is 327 g/mol. The van der Waals surface area contributed by atoms with Gasteiger partial charge in [-0.05, 0) is 25.0 Å². The number of nitrogens with zero attached hydrogens (tertiary/aromatic N) is 3. The zero-order chi connectivity index (χ0) is 16.7. The quantitative estimate of drug-likeness (QED) is 0.871. The summed E-state index contributed by atoms with van der Waals surface area (Å²) in [6, 6.07) is 8.65. The average Bonchev–Trinajstić information content (AvgIpc) is 2.94. The molecule has 0 spiro atoms. The molecule has 2 saturated heterocycles. The van der Waals surface area contributed by atoms with Crippen molar-refractivity contribution < 1.29 is 9.53 Å². The van der Waals surface area contributed by atoms with Crippen LogP contribution >= 0.6 is 0 Å². The maximum atomic E-state index is 12.6. The minimum absolute atomic E-state index is 0.156. The third-order valence-electron chi connectivity index (χ3n) is 5.25. The Labute approximate surface area is 142 Å². The Morgan fingerprint density at radius 2 is 1.92 bits per heavy atom. The first-order valence-electron chi connectivity index (χ1n) is 8.98. The molecule has 0 atom stereocenters. The number of rotatable bonds is 3. The molecule has 5 heteroatoms. The Kier molecular flexibility index (Phi) is 4.04. The van der Waals surface area contributed by atoms with Gasteiger partial charge < -0.3 is 14.2 Å². The van der Waals surface area contributed by atoms with Gasteiger partial charge in [-0.15, -0.1) is 0 Å². The fourth-order valence-electron chi connectivity index (χ4n) is 3.86. The summed E-state index contributed by atoms with van der Waals surface area (Å²) in [4.78, 5) is 19.5. The molecule has 0 N–H and O–H groups in total. The van der Waals surface area contributed by atoms with Gasteiger partial charge in [-0.2, -0.15) is 0 Å². The first-order chi connectivity index (χ1) is 11.6. The van der Waals surface area contributed by atoms with E-state index in [0.29, 0.717) is 17.9 Å². The topological polar surface area (TPSA) is 47.4 Å². The lowest BCUT2D eigenvalue weighted by molar-refractivity contribution is -0.144. The van der Waals surface area contributed by atoms with Gasteiger partial charge in [-0.25, -0.2) is 4.98 Å². The lowest BCUT2D eigenvalue weighted by Crippen LogP contribution is -2.53. The van der Waals surface area contributed by atoms with E-state index in [1.165, 1.54) is 5.52 Å². The van der Waals surface area contributed by atoms with Gasteiger partial charge >= 0.3 is 0 Å². The van der Waals surface area contributed by atoms with Gasteiger partial charge in [-0.1, -0.05) is 26.0 Å². The summed E-state index contributed by atoms with van der Waals surface area (Å²) in [5, 5.41) is 0. The molecule has 1 aromatic carbocycles. The number of fused-ring (bicyclic) bond motifs is 1. The molecule has 3 heterocycles. The third-order valence-corrected chi connectivity index (χ3v) is 5.25. The van der Waals surface area contributed by atoms with Crippen LogP contribution in [0.2, 0.25) is 0 Å². The van der Waals surface area contributed by atoms with Gasteiger partial charge in [0.1, 0.15) is 5.82 Å². The van der Waals surface area contributed by atoms with E-state index in [1.54, 1.807) is 0 Å². The smallest absolute Gasteiger partial charge is 0.226 e. The van der Waals surface area contributed by atoms with Crippen molar-refractivity contribution in [2.24, 2.45) is 5.92 Å². The fourth-order valence-corrected chi connectivity index (χ4v) is 3.86. The number of likely N-dealkylation sites (tertiary alicyclic amines) is 1. The van der Waals surface area contributed by atoms with Crippen LogP contribution in [0.25, 0.3) is 11.0 Å². The molecule has 1 aromatic heterocycles. The second-order valence-electron chi connectivity index (χ2n) is 7.27. The third kappa shape index (κ3) is 2.61. The SMILES string of the molecule is CC(C)c1nc2ccccc2n1C1CN(C(=O)C2CCOCC2)C1. The highest BCUT2D eigenvalue weighted by molar-refractivity contribution is 5.80. The molecule has 0 radical (unpaired) electrons. The molecule has 24 heavy (non-hydrogen) atoms. The molecule has 1 amide bonds. The molecule has 2 aromatic rings. The number of para-hydroxylation sites is 2. The monoisotopic (exact) mass is 327 g/mol. The number of benzene rings is 1. The molecule has 0 bridgehead atoms. The van der Waals surface area contributed by atoms with Crippen LogP contribution in [0.1, 0.15) is 44.5 Å². The van der Waals surface area contributed by atoms with E-state index in [4.69, 9.17) is 9.72 Å². The van der Waals surface area contributed by atoms with E-state index >= 15 is 0 Å². The van der Waals surface area contributed by atoms with E-state index in [9.17, 15) is 4.79 Å². The Bertz CT molecular complexity index is 740. The number of amides is 1. The molecular formula is C19H25N3O2. The summed E-state index contributed by atoms with van der Waals surface area (Å²) in [7, 11) is 0. The standard InChI is InChI=1S/C19H25N3O2/c1-13(2)18-20-16-5-3-4-6-17(16)22(18)15-11-21(12-15)19(23)14-7-9-24-10-8-14/h3-6,13-15H,7-12H2,1-2H3. The van der Waals surface area contributed by atoms with Crippen LogP contribution in [-0.4, -0.2) is 46.7 Å². The number of carbonyl (C=O) groups excluding carboxylic acids is 1. The van der Waals surface area contributed by atoms with E-state index in [0.717, 1.165) is 50.5 Å². The normalized spacial score (nSPS) is 19.9. The van der Waals surface area contributed by atoms with Crippen LogP contribution in [0.4, 0.5) is 0 Å². The maximum Gasteiger partial charge on any atom is 0.226 e. The number of hydrogen-bond donors (Lipinski definition) is 0. The summed E-state index contributed by atoms with van der Waals surface area (Å²) in [6.45, 7) is 7.41. The molecule has 2 fully saturated rings. The summed E-state index contributed by atoms with van der Waals surface area (Å²) in [6.07, 6.45) is 1.73. The Hall–Kier alpha value is -1.88. The molecule has 5 nitrogen and oxygen atoms in total. The molecule has 0 unspecified atom stereocenters. The van der Waals surface area contributed by atoms with Crippen LogP contribution in [0.3, 0.4) is 0 Å². The lowest BCUT2D eigenvalue weighted by Gasteiger charge is -2.43. The van der Waals surface area contributed by atoms with Gasteiger partial charge in [0, 0.05) is 38.1 Å². The van der Waals surface area contributed by atoms with Crippen molar-refractivity contribution in [3.8, 4) is 0 Å². The minimum atomic E-state index is 0.156. The molecule has 128 valence electrons. The van der Waals surface area contributed by atoms with E-state index in [1.807, 2.05) is 11.0 Å². The second-order valence-corrected chi connectivity index (χ2v) is 7.27. The van der Waals surface area contributed by atoms with Gasteiger partial charge in [0.15, 0.2) is 0 Å².